The zero-order chi connectivity index (χ0) is 20.1. The van der Waals surface area contributed by atoms with Crippen LogP contribution in [0.1, 0.15) is 43.2 Å². The Hall–Kier alpha value is -3.02. The molecule has 0 radical (unpaired) electrons. The highest BCUT2D eigenvalue weighted by Gasteiger charge is 2.20. The minimum Gasteiger partial charge on any atom is -0.487 e. The number of halogens is 1. The second-order valence-electron chi connectivity index (χ2n) is 7.62. The molecule has 0 spiro atoms. The Morgan fingerprint density at radius 1 is 1.21 bits per heavy atom. The number of nitrogens with one attached hydrogen (secondary N) is 1. The first-order valence-corrected chi connectivity index (χ1v) is 10.0. The molecule has 3 aromatic rings. The van der Waals surface area contributed by atoms with Crippen molar-refractivity contribution in [3.05, 3.63) is 65.7 Å². The number of ketones is 1. The molecule has 1 fully saturated rings. The summed E-state index contributed by atoms with van der Waals surface area (Å²) < 4.78 is 20.0. The lowest BCUT2D eigenvalue weighted by Crippen LogP contribution is -2.16. The van der Waals surface area contributed by atoms with E-state index in [0.717, 1.165) is 24.0 Å². The molecule has 5 nitrogen and oxygen atoms in total. The number of hydrogen-bond donors (Lipinski definition) is 1. The molecule has 0 amide bonds. The molecule has 0 saturated heterocycles. The number of rotatable bonds is 9. The first kappa shape index (κ1) is 19.3. The van der Waals surface area contributed by atoms with Crippen molar-refractivity contribution in [1.82, 2.24) is 15.2 Å². The second kappa shape index (κ2) is 8.99. The normalized spacial score (nSPS) is 13.8. The number of carbonyl (C=O) groups is 1. The number of aryl methyl sites for hydroxylation is 1. The molecule has 1 N–H and O–H groups in total. The van der Waals surface area contributed by atoms with Crippen molar-refractivity contribution in [2.75, 3.05) is 0 Å². The Morgan fingerprint density at radius 2 is 2.07 bits per heavy atom. The highest BCUT2D eigenvalue weighted by molar-refractivity contribution is 5.79. The van der Waals surface area contributed by atoms with Crippen molar-refractivity contribution < 1.29 is 13.9 Å². The summed E-state index contributed by atoms with van der Waals surface area (Å²) in [6, 6.07) is 11.0. The summed E-state index contributed by atoms with van der Waals surface area (Å²) in [5, 5.41) is 6.51. The molecular formula is C23H24FN3O2. The van der Waals surface area contributed by atoms with Crippen LogP contribution in [0.4, 0.5) is 4.39 Å². The van der Waals surface area contributed by atoms with Crippen LogP contribution in [0.15, 0.2) is 48.8 Å². The Labute approximate surface area is 169 Å². The topological polar surface area (TPSA) is 67.9 Å². The molecule has 0 unspecified atom stereocenters. The lowest BCUT2D eigenvalue weighted by Gasteiger charge is -2.24. The molecule has 0 bridgehead atoms. The molecule has 2 heterocycles. The highest BCUT2D eigenvalue weighted by atomic mass is 19.1. The number of Topliss-reactive ketones (excluding diaryl/α,β-unsaturated/α-hetero) is 1. The molecule has 1 aromatic carbocycles. The summed E-state index contributed by atoms with van der Waals surface area (Å²) in [6.07, 6.45) is 8.80. The van der Waals surface area contributed by atoms with Crippen LogP contribution in [-0.4, -0.2) is 21.0 Å². The molecule has 150 valence electrons. The van der Waals surface area contributed by atoms with Gasteiger partial charge in [-0.3, -0.25) is 9.89 Å². The summed E-state index contributed by atoms with van der Waals surface area (Å²) >= 11 is 0. The number of pyridine rings is 1. The van der Waals surface area contributed by atoms with E-state index in [-0.39, 0.29) is 5.69 Å². The average molecular weight is 393 g/mol. The molecular weight excluding hydrogens is 369 g/mol. The van der Waals surface area contributed by atoms with E-state index in [1.54, 1.807) is 12.3 Å². The highest BCUT2D eigenvalue weighted by Crippen LogP contribution is 2.30. The van der Waals surface area contributed by atoms with Crippen molar-refractivity contribution in [2.45, 2.75) is 45.1 Å². The van der Waals surface area contributed by atoms with Crippen molar-refractivity contribution >= 4 is 5.78 Å². The predicted octanol–water partition coefficient (Wildman–Crippen LogP) is 4.88. The van der Waals surface area contributed by atoms with E-state index in [2.05, 4.69) is 15.2 Å². The SMILES string of the molecule is O=C(CCc1cccc(COc2cnc(-c3ccn[nH]3)c(F)c2)c1)CC1CCC1. The molecule has 2 aromatic heterocycles. The van der Waals surface area contributed by atoms with Crippen LogP contribution < -0.4 is 4.74 Å². The van der Waals surface area contributed by atoms with E-state index >= 15 is 0 Å². The summed E-state index contributed by atoms with van der Waals surface area (Å²) in [6.45, 7) is 0.314. The maximum absolute atomic E-state index is 14.3. The monoisotopic (exact) mass is 393 g/mol. The molecule has 0 atom stereocenters. The molecule has 1 aliphatic rings. The number of nitrogens with zero attached hydrogens (tertiary/aromatic N) is 2. The number of aromatic amines is 1. The van der Waals surface area contributed by atoms with Gasteiger partial charge in [0.05, 0.1) is 11.9 Å². The quantitative estimate of drug-likeness (QED) is 0.562. The fourth-order valence-electron chi connectivity index (χ4n) is 3.53. The van der Waals surface area contributed by atoms with Crippen molar-refractivity contribution in [1.29, 1.82) is 0 Å². The second-order valence-corrected chi connectivity index (χ2v) is 7.62. The molecule has 6 heteroatoms. The van der Waals surface area contributed by atoms with Gasteiger partial charge >= 0.3 is 0 Å². The fourth-order valence-corrected chi connectivity index (χ4v) is 3.53. The van der Waals surface area contributed by atoms with Gasteiger partial charge in [-0.05, 0) is 29.5 Å². The zero-order valence-electron chi connectivity index (χ0n) is 16.2. The van der Waals surface area contributed by atoms with Crippen LogP contribution in [0.3, 0.4) is 0 Å². The first-order chi connectivity index (χ1) is 14.2. The minimum atomic E-state index is -0.467. The number of ether oxygens (including phenoxy) is 1. The van der Waals surface area contributed by atoms with Gasteiger partial charge in [-0.15, -0.1) is 0 Å². The molecule has 4 rings (SSSR count). The van der Waals surface area contributed by atoms with Gasteiger partial charge in [-0.25, -0.2) is 9.37 Å². The maximum Gasteiger partial charge on any atom is 0.154 e. The largest absolute Gasteiger partial charge is 0.487 e. The van der Waals surface area contributed by atoms with Gasteiger partial charge in [0.2, 0.25) is 0 Å². The maximum atomic E-state index is 14.3. The summed E-state index contributed by atoms with van der Waals surface area (Å²) in [7, 11) is 0. The van der Waals surface area contributed by atoms with Crippen molar-refractivity contribution in [3.63, 3.8) is 0 Å². The Balaban J connectivity index is 1.31. The number of aromatic nitrogens is 3. The van der Waals surface area contributed by atoms with Crippen LogP contribution in [0.25, 0.3) is 11.4 Å². The lowest BCUT2D eigenvalue weighted by atomic mass is 9.81. The Kier molecular flexibility index (Phi) is 5.98. The Morgan fingerprint density at radius 3 is 2.79 bits per heavy atom. The summed E-state index contributed by atoms with van der Waals surface area (Å²) in [5.74, 6) is 0.878. The molecule has 1 saturated carbocycles. The van der Waals surface area contributed by atoms with Gasteiger partial charge in [-0.2, -0.15) is 5.10 Å². The zero-order valence-corrected chi connectivity index (χ0v) is 16.2. The van der Waals surface area contributed by atoms with Crippen LogP contribution in [0, 0.1) is 11.7 Å². The minimum absolute atomic E-state index is 0.211. The van der Waals surface area contributed by atoms with Crippen molar-refractivity contribution in [3.8, 4) is 17.1 Å². The third kappa shape index (κ3) is 5.08. The standard InChI is InChI=1S/C23H24FN3O2/c24-21-13-20(14-25-23(21)22-9-10-26-27-22)29-15-18-6-2-5-17(11-18)7-8-19(28)12-16-3-1-4-16/h2,5-6,9-11,13-14,16H,1,3-4,7-8,12,15H2,(H,26,27). The van der Waals surface area contributed by atoms with Gasteiger partial charge in [0.1, 0.15) is 23.8 Å². The van der Waals surface area contributed by atoms with Crippen LogP contribution in [0.2, 0.25) is 0 Å². The van der Waals surface area contributed by atoms with Gasteiger partial charge in [0.25, 0.3) is 0 Å². The smallest absolute Gasteiger partial charge is 0.154 e. The van der Waals surface area contributed by atoms with Gasteiger partial charge in [0.15, 0.2) is 5.82 Å². The first-order valence-electron chi connectivity index (χ1n) is 10.0. The number of H-pyrrole nitrogens is 1. The van der Waals surface area contributed by atoms with Gasteiger partial charge in [-0.1, -0.05) is 43.5 Å². The summed E-state index contributed by atoms with van der Waals surface area (Å²) in [4.78, 5) is 16.2. The van der Waals surface area contributed by atoms with Crippen LogP contribution in [0.5, 0.6) is 5.75 Å². The molecule has 0 aliphatic heterocycles. The van der Waals surface area contributed by atoms with Crippen LogP contribution in [-0.2, 0) is 17.8 Å². The third-order valence-electron chi connectivity index (χ3n) is 5.40. The van der Waals surface area contributed by atoms with Crippen molar-refractivity contribution in [2.24, 2.45) is 5.92 Å². The predicted molar refractivity (Wildman–Crippen MR) is 108 cm³/mol. The van der Waals surface area contributed by atoms with Crippen LogP contribution >= 0.6 is 0 Å². The van der Waals surface area contributed by atoms with Gasteiger partial charge in [0, 0.05) is 25.1 Å². The number of carbonyl (C=O) groups excluding carboxylic acids is 1. The van der Waals surface area contributed by atoms with E-state index in [9.17, 15) is 9.18 Å². The van der Waals surface area contributed by atoms with E-state index < -0.39 is 5.82 Å². The average Bonchev–Trinajstić information content (AvgIpc) is 3.22. The van der Waals surface area contributed by atoms with E-state index in [4.69, 9.17) is 4.74 Å². The summed E-state index contributed by atoms with van der Waals surface area (Å²) in [5.41, 5.74) is 2.83. The van der Waals surface area contributed by atoms with Gasteiger partial charge < -0.3 is 4.74 Å². The number of benzene rings is 1. The molecule has 1 aliphatic carbocycles. The number of hydrogen-bond acceptors (Lipinski definition) is 4. The lowest BCUT2D eigenvalue weighted by molar-refractivity contribution is -0.120. The van der Waals surface area contributed by atoms with E-state index in [0.29, 0.717) is 36.2 Å². The third-order valence-corrected chi connectivity index (χ3v) is 5.40. The fraction of sp³-hybridized carbons (Fsp3) is 0.348. The van der Waals surface area contributed by atoms with E-state index in [1.165, 1.54) is 31.5 Å². The molecule has 29 heavy (non-hydrogen) atoms. The van der Waals surface area contributed by atoms with E-state index in [1.807, 2.05) is 24.3 Å². The Bertz CT molecular complexity index is 968.